The first-order valence-electron chi connectivity index (χ1n) is 6.00. The van der Waals surface area contributed by atoms with Crippen LogP contribution in [0.3, 0.4) is 0 Å². The van der Waals surface area contributed by atoms with Gasteiger partial charge in [-0.25, -0.2) is 12.8 Å². The summed E-state index contributed by atoms with van der Waals surface area (Å²) < 4.78 is 40.1. The second-order valence-electron chi connectivity index (χ2n) is 4.09. The lowest BCUT2D eigenvalue weighted by Gasteiger charge is -2.23. The number of benzene rings is 2. The summed E-state index contributed by atoms with van der Waals surface area (Å²) in [5.41, 5.74) is 0.468. The third-order valence-electron chi connectivity index (χ3n) is 2.74. The Morgan fingerprint density at radius 2 is 1.65 bits per heavy atom. The van der Waals surface area contributed by atoms with Crippen molar-refractivity contribution in [2.75, 3.05) is 10.8 Å². The van der Waals surface area contributed by atoms with Crippen LogP contribution < -0.4 is 4.31 Å². The van der Waals surface area contributed by atoms with Crippen molar-refractivity contribution in [2.24, 2.45) is 0 Å². The lowest BCUT2D eigenvalue weighted by Crippen LogP contribution is -2.31. The SMILES string of the molecule is C=CCN(c1ccccc1)S(=O)(=O)c1ccccc1F. The minimum Gasteiger partial charge on any atom is -0.262 e. The predicted molar refractivity (Wildman–Crippen MR) is 77.6 cm³/mol. The zero-order chi connectivity index (χ0) is 14.6. The van der Waals surface area contributed by atoms with E-state index < -0.39 is 15.8 Å². The van der Waals surface area contributed by atoms with E-state index in [2.05, 4.69) is 6.58 Å². The molecular formula is C15H14FNO2S. The maximum atomic E-state index is 13.8. The lowest BCUT2D eigenvalue weighted by atomic mass is 10.3. The topological polar surface area (TPSA) is 37.4 Å². The van der Waals surface area contributed by atoms with E-state index in [0.29, 0.717) is 5.69 Å². The highest BCUT2D eigenvalue weighted by atomic mass is 32.2. The first kappa shape index (κ1) is 14.3. The number of rotatable bonds is 5. The molecule has 0 unspecified atom stereocenters. The molecule has 20 heavy (non-hydrogen) atoms. The Morgan fingerprint density at radius 1 is 1.05 bits per heavy atom. The van der Waals surface area contributed by atoms with E-state index in [9.17, 15) is 12.8 Å². The molecule has 0 aliphatic heterocycles. The van der Waals surface area contributed by atoms with Gasteiger partial charge in [0.15, 0.2) is 0 Å². The molecule has 0 radical (unpaired) electrons. The first-order valence-corrected chi connectivity index (χ1v) is 7.44. The Labute approximate surface area is 118 Å². The molecular weight excluding hydrogens is 277 g/mol. The van der Waals surface area contributed by atoms with Gasteiger partial charge in [-0.05, 0) is 24.3 Å². The highest BCUT2D eigenvalue weighted by molar-refractivity contribution is 7.92. The monoisotopic (exact) mass is 291 g/mol. The average Bonchev–Trinajstić information content (AvgIpc) is 2.45. The molecule has 0 spiro atoms. The minimum atomic E-state index is -3.96. The molecule has 2 aromatic rings. The molecule has 5 heteroatoms. The normalized spacial score (nSPS) is 11.1. The Balaban J connectivity index is 2.54. The molecule has 0 aliphatic rings. The zero-order valence-electron chi connectivity index (χ0n) is 10.7. The van der Waals surface area contributed by atoms with Crippen LogP contribution in [0, 0.1) is 5.82 Å². The summed E-state index contributed by atoms with van der Waals surface area (Å²) >= 11 is 0. The van der Waals surface area contributed by atoms with Crippen molar-refractivity contribution in [1.82, 2.24) is 0 Å². The maximum Gasteiger partial charge on any atom is 0.267 e. The molecule has 2 aromatic carbocycles. The van der Waals surface area contributed by atoms with Crippen molar-refractivity contribution in [2.45, 2.75) is 4.90 Å². The summed E-state index contributed by atoms with van der Waals surface area (Å²) in [6.45, 7) is 3.63. The molecule has 0 atom stereocenters. The van der Waals surface area contributed by atoms with Gasteiger partial charge >= 0.3 is 0 Å². The quantitative estimate of drug-likeness (QED) is 0.793. The third-order valence-corrected chi connectivity index (χ3v) is 4.57. The Hall–Kier alpha value is -2.14. The molecule has 0 N–H and O–H groups in total. The molecule has 2 rings (SSSR count). The summed E-state index contributed by atoms with van der Waals surface area (Å²) in [6, 6.07) is 13.9. The van der Waals surface area contributed by atoms with E-state index in [1.807, 2.05) is 0 Å². The van der Waals surface area contributed by atoms with Crippen molar-refractivity contribution in [3.05, 3.63) is 73.1 Å². The highest BCUT2D eigenvalue weighted by Gasteiger charge is 2.26. The molecule has 3 nitrogen and oxygen atoms in total. The van der Waals surface area contributed by atoms with Crippen molar-refractivity contribution in [1.29, 1.82) is 0 Å². The summed E-state index contributed by atoms with van der Waals surface area (Å²) in [7, 11) is -3.96. The highest BCUT2D eigenvalue weighted by Crippen LogP contribution is 2.24. The van der Waals surface area contributed by atoms with Gasteiger partial charge in [0.25, 0.3) is 10.0 Å². The van der Waals surface area contributed by atoms with Crippen LogP contribution in [0.2, 0.25) is 0 Å². The Bertz CT molecular complexity index is 699. The summed E-state index contributed by atoms with van der Waals surface area (Å²) in [4.78, 5) is -0.342. The van der Waals surface area contributed by atoms with Crippen LogP contribution in [0.5, 0.6) is 0 Å². The number of hydrogen-bond donors (Lipinski definition) is 0. The van der Waals surface area contributed by atoms with E-state index >= 15 is 0 Å². The molecule has 104 valence electrons. The van der Waals surface area contributed by atoms with Crippen molar-refractivity contribution in [3.8, 4) is 0 Å². The smallest absolute Gasteiger partial charge is 0.262 e. The van der Waals surface area contributed by atoms with E-state index in [4.69, 9.17) is 0 Å². The van der Waals surface area contributed by atoms with E-state index in [-0.39, 0.29) is 11.4 Å². The van der Waals surface area contributed by atoms with Gasteiger partial charge in [0.05, 0.1) is 12.2 Å². The van der Waals surface area contributed by atoms with Gasteiger partial charge < -0.3 is 0 Å². The number of halogens is 1. The van der Waals surface area contributed by atoms with E-state index in [0.717, 1.165) is 10.4 Å². The van der Waals surface area contributed by atoms with E-state index in [1.165, 1.54) is 24.3 Å². The molecule has 0 saturated heterocycles. The molecule has 0 amide bonds. The minimum absolute atomic E-state index is 0.0701. The summed E-state index contributed by atoms with van der Waals surface area (Å²) in [6.07, 6.45) is 1.46. The third kappa shape index (κ3) is 2.72. The molecule has 0 saturated carbocycles. The Morgan fingerprint density at radius 3 is 2.25 bits per heavy atom. The van der Waals surface area contributed by atoms with Crippen LogP contribution >= 0.6 is 0 Å². The first-order chi connectivity index (χ1) is 9.57. The lowest BCUT2D eigenvalue weighted by molar-refractivity contribution is 0.565. The van der Waals surface area contributed by atoms with E-state index in [1.54, 1.807) is 30.3 Å². The van der Waals surface area contributed by atoms with Gasteiger partial charge in [-0.3, -0.25) is 4.31 Å². The largest absolute Gasteiger partial charge is 0.267 e. The predicted octanol–water partition coefficient (Wildman–Crippen LogP) is 3.21. The van der Waals surface area contributed by atoms with Crippen molar-refractivity contribution in [3.63, 3.8) is 0 Å². The molecule has 0 aliphatic carbocycles. The standard InChI is InChI=1S/C15H14FNO2S/c1-2-12-17(13-8-4-3-5-9-13)20(18,19)15-11-7-6-10-14(15)16/h2-11H,1,12H2. The fourth-order valence-electron chi connectivity index (χ4n) is 1.83. The van der Waals surface area contributed by atoms with Gasteiger partial charge in [0, 0.05) is 0 Å². The fraction of sp³-hybridized carbons (Fsp3) is 0.0667. The van der Waals surface area contributed by atoms with Crippen molar-refractivity contribution < 1.29 is 12.8 Å². The van der Waals surface area contributed by atoms with Gasteiger partial charge in [0.1, 0.15) is 10.7 Å². The van der Waals surface area contributed by atoms with Crippen molar-refractivity contribution >= 4 is 15.7 Å². The van der Waals surface area contributed by atoms with Crippen LogP contribution in [0.1, 0.15) is 0 Å². The number of anilines is 1. The van der Waals surface area contributed by atoms with Crippen LogP contribution in [0.15, 0.2) is 72.1 Å². The number of sulfonamides is 1. The molecule has 0 heterocycles. The van der Waals surface area contributed by atoms with Crippen LogP contribution in [0.4, 0.5) is 10.1 Å². The van der Waals surface area contributed by atoms with Gasteiger partial charge in [-0.15, -0.1) is 6.58 Å². The average molecular weight is 291 g/mol. The molecule has 0 aromatic heterocycles. The fourth-order valence-corrected chi connectivity index (χ4v) is 3.33. The molecule has 0 bridgehead atoms. The number of hydrogen-bond acceptors (Lipinski definition) is 2. The van der Waals surface area contributed by atoms with Crippen LogP contribution in [0.25, 0.3) is 0 Å². The number of nitrogens with zero attached hydrogens (tertiary/aromatic N) is 1. The van der Waals surface area contributed by atoms with Crippen LogP contribution in [-0.2, 0) is 10.0 Å². The van der Waals surface area contributed by atoms with Gasteiger partial charge in [-0.2, -0.15) is 0 Å². The summed E-state index contributed by atoms with van der Waals surface area (Å²) in [5, 5.41) is 0. The second-order valence-corrected chi connectivity index (χ2v) is 5.92. The number of para-hydroxylation sites is 1. The maximum absolute atomic E-state index is 13.8. The zero-order valence-corrected chi connectivity index (χ0v) is 11.6. The second kappa shape index (κ2) is 5.88. The van der Waals surface area contributed by atoms with Crippen LogP contribution in [-0.4, -0.2) is 15.0 Å². The molecule has 0 fully saturated rings. The van der Waals surface area contributed by atoms with Gasteiger partial charge in [-0.1, -0.05) is 36.4 Å². The summed E-state index contributed by atoms with van der Waals surface area (Å²) in [5.74, 6) is -0.766. The Kier molecular flexibility index (Phi) is 4.20. The van der Waals surface area contributed by atoms with Gasteiger partial charge in [0.2, 0.25) is 0 Å².